The van der Waals surface area contributed by atoms with Gasteiger partial charge in [0, 0.05) is 12.8 Å². The molecule has 0 saturated heterocycles. The van der Waals surface area contributed by atoms with E-state index in [0.717, 1.165) is 0 Å². The minimum atomic E-state index is -2.25. The molecule has 0 saturated carbocycles. The molecule has 0 aromatic carbocycles. The molecule has 0 aliphatic heterocycles. The van der Waals surface area contributed by atoms with Crippen molar-refractivity contribution in [3.05, 3.63) is 6.61 Å². The van der Waals surface area contributed by atoms with Gasteiger partial charge < -0.3 is 20.4 Å². The second-order valence-electron chi connectivity index (χ2n) is 2.25. The first-order valence-electron chi connectivity index (χ1n) is 3.13. The molecule has 0 aliphatic rings. The summed E-state index contributed by atoms with van der Waals surface area (Å²) >= 11 is 0. The number of carbonyl (C=O) groups is 1. The first-order chi connectivity index (χ1) is 4.98. The average Bonchev–Trinajstić information content (AvgIpc) is 1.87. The van der Waals surface area contributed by atoms with Crippen LogP contribution in [-0.4, -0.2) is 32.2 Å². The van der Waals surface area contributed by atoms with Crippen LogP contribution in [-0.2, 0) is 4.79 Å². The van der Waals surface area contributed by atoms with Gasteiger partial charge in [-0.1, -0.05) is 0 Å². The molecule has 0 fully saturated rings. The van der Waals surface area contributed by atoms with Crippen molar-refractivity contribution < 1.29 is 25.2 Å². The Morgan fingerprint density at radius 2 is 2.00 bits per heavy atom. The van der Waals surface area contributed by atoms with Crippen LogP contribution in [0.15, 0.2) is 0 Å². The summed E-state index contributed by atoms with van der Waals surface area (Å²) < 4.78 is 0. The van der Waals surface area contributed by atoms with Gasteiger partial charge in [-0.25, -0.2) is 0 Å². The highest BCUT2D eigenvalue weighted by atomic mass is 16.5. The molecule has 65 valence electrons. The lowest BCUT2D eigenvalue weighted by atomic mass is 10.1. The summed E-state index contributed by atoms with van der Waals surface area (Å²) in [5.41, 5.74) is 0. The molecule has 11 heavy (non-hydrogen) atoms. The molecule has 0 aromatic rings. The predicted molar refractivity (Wildman–Crippen MR) is 34.9 cm³/mol. The van der Waals surface area contributed by atoms with Gasteiger partial charge in [0.05, 0.1) is 0 Å². The van der Waals surface area contributed by atoms with Gasteiger partial charge in [-0.2, -0.15) is 0 Å². The van der Waals surface area contributed by atoms with E-state index in [4.69, 9.17) is 20.4 Å². The molecule has 0 aliphatic carbocycles. The summed E-state index contributed by atoms with van der Waals surface area (Å²) in [5.74, 6) is -3.26. The maximum absolute atomic E-state index is 9.94. The van der Waals surface area contributed by atoms with Crippen LogP contribution in [0.3, 0.4) is 0 Å². The van der Waals surface area contributed by atoms with Crippen LogP contribution in [0, 0.1) is 6.61 Å². The van der Waals surface area contributed by atoms with E-state index in [9.17, 15) is 4.79 Å². The van der Waals surface area contributed by atoms with Crippen LogP contribution in [0.1, 0.15) is 19.3 Å². The zero-order valence-electron chi connectivity index (χ0n) is 5.90. The van der Waals surface area contributed by atoms with Gasteiger partial charge in [-0.05, 0) is 6.42 Å². The number of aliphatic hydroxyl groups is 3. The van der Waals surface area contributed by atoms with Crippen LogP contribution in [0.4, 0.5) is 0 Å². The molecular weight excluding hydrogens is 152 g/mol. The van der Waals surface area contributed by atoms with E-state index in [0.29, 0.717) is 0 Å². The van der Waals surface area contributed by atoms with Crippen molar-refractivity contribution >= 4 is 5.97 Å². The lowest BCUT2D eigenvalue weighted by Gasteiger charge is -2.16. The van der Waals surface area contributed by atoms with E-state index < -0.39 is 11.8 Å². The molecule has 0 aromatic heterocycles. The third-order valence-corrected chi connectivity index (χ3v) is 1.14. The SMILES string of the molecule is O=C(O)CCCC(O)(O)[CH]O. The summed E-state index contributed by atoms with van der Waals surface area (Å²) in [6.45, 7) is 0.231. The number of rotatable bonds is 5. The molecule has 0 spiro atoms. The van der Waals surface area contributed by atoms with Gasteiger partial charge in [-0.3, -0.25) is 4.79 Å². The fraction of sp³-hybridized carbons (Fsp3) is 0.667. The monoisotopic (exact) mass is 163 g/mol. The van der Waals surface area contributed by atoms with E-state index in [1.807, 2.05) is 0 Å². The number of aliphatic carboxylic acids is 1. The summed E-state index contributed by atoms with van der Waals surface area (Å²) in [6.07, 6.45) is -0.216. The van der Waals surface area contributed by atoms with Crippen molar-refractivity contribution in [3.8, 4) is 0 Å². The van der Waals surface area contributed by atoms with E-state index in [1.165, 1.54) is 0 Å². The summed E-state index contributed by atoms with van der Waals surface area (Å²) in [4.78, 5) is 9.94. The van der Waals surface area contributed by atoms with Gasteiger partial charge in [0.25, 0.3) is 0 Å². The van der Waals surface area contributed by atoms with Crippen LogP contribution in [0.2, 0.25) is 0 Å². The first kappa shape index (κ1) is 10.3. The highest BCUT2D eigenvalue weighted by Gasteiger charge is 2.21. The number of hydrogen-bond acceptors (Lipinski definition) is 4. The Labute approximate surface area is 63.9 Å². The van der Waals surface area contributed by atoms with Crippen molar-refractivity contribution in [1.29, 1.82) is 0 Å². The van der Waals surface area contributed by atoms with Crippen molar-refractivity contribution in [1.82, 2.24) is 0 Å². The van der Waals surface area contributed by atoms with Crippen LogP contribution in [0.25, 0.3) is 0 Å². The Hall–Kier alpha value is -0.650. The molecule has 5 heteroatoms. The molecule has 0 amide bonds. The molecule has 1 radical (unpaired) electrons. The second kappa shape index (κ2) is 4.27. The molecule has 0 bridgehead atoms. The summed E-state index contributed by atoms with van der Waals surface area (Å²) in [7, 11) is 0. The van der Waals surface area contributed by atoms with Gasteiger partial charge in [0.2, 0.25) is 0 Å². The number of carboxylic acid groups (broad SMARTS) is 1. The summed E-state index contributed by atoms with van der Waals surface area (Å²) in [6, 6.07) is 0. The molecule has 4 N–H and O–H groups in total. The second-order valence-corrected chi connectivity index (χ2v) is 2.25. The molecule has 0 heterocycles. The van der Waals surface area contributed by atoms with E-state index >= 15 is 0 Å². The van der Waals surface area contributed by atoms with Crippen molar-refractivity contribution in [2.75, 3.05) is 0 Å². The zero-order chi connectivity index (χ0) is 8.91. The molecule has 0 rings (SSSR count). The number of hydrogen-bond donors (Lipinski definition) is 4. The topological polar surface area (TPSA) is 98.0 Å². The first-order valence-corrected chi connectivity index (χ1v) is 3.13. The third-order valence-electron chi connectivity index (χ3n) is 1.14. The molecule has 0 atom stereocenters. The number of aliphatic hydroxyl groups excluding tert-OH is 1. The Kier molecular flexibility index (Phi) is 4.02. The smallest absolute Gasteiger partial charge is 0.303 e. The normalized spacial score (nSPS) is 11.5. The van der Waals surface area contributed by atoms with Gasteiger partial charge >= 0.3 is 5.97 Å². The number of carboxylic acids is 1. The average molecular weight is 163 g/mol. The molecular formula is C6H11O5. The quantitative estimate of drug-likeness (QED) is 0.408. The van der Waals surface area contributed by atoms with Crippen molar-refractivity contribution in [2.45, 2.75) is 25.0 Å². The van der Waals surface area contributed by atoms with Gasteiger partial charge in [0.1, 0.15) is 6.61 Å². The Bertz CT molecular complexity index is 131. The Balaban J connectivity index is 3.45. The minimum Gasteiger partial charge on any atom is -0.481 e. The Morgan fingerprint density at radius 3 is 2.36 bits per heavy atom. The molecule has 0 unspecified atom stereocenters. The van der Waals surface area contributed by atoms with Crippen molar-refractivity contribution in [2.24, 2.45) is 0 Å². The zero-order valence-corrected chi connectivity index (χ0v) is 5.90. The lowest BCUT2D eigenvalue weighted by Crippen LogP contribution is -2.28. The van der Waals surface area contributed by atoms with Crippen LogP contribution < -0.4 is 0 Å². The predicted octanol–water partition coefficient (Wildman–Crippen LogP) is -0.544. The maximum Gasteiger partial charge on any atom is 0.303 e. The maximum atomic E-state index is 9.94. The third kappa shape index (κ3) is 5.78. The highest BCUT2D eigenvalue weighted by Crippen LogP contribution is 2.11. The fourth-order valence-corrected chi connectivity index (χ4v) is 0.564. The fourth-order valence-electron chi connectivity index (χ4n) is 0.564. The molecule has 5 nitrogen and oxygen atoms in total. The van der Waals surface area contributed by atoms with E-state index in [1.54, 1.807) is 0 Å². The highest BCUT2D eigenvalue weighted by molar-refractivity contribution is 5.66. The van der Waals surface area contributed by atoms with Crippen molar-refractivity contribution in [3.63, 3.8) is 0 Å². The van der Waals surface area contributed by atoms with E-state index in [-0.39, 0.29) is 25.9 Å². The van der Waals surface area contributed by atoms with Gasteiger partial charge in [-0.15, -0.1) is 0 Å². The van der Waals surface area contributed by atoms with Gasteiger partial charge in [0.15, 0.2) is 5.79 Å². The minimum absolute atomic E-state index is 0.111. The van der Waals surface area contributed by atoms with Crippen LogP contribution >= 0.6 is 0 Å². The standard InChI is InChI=1S/C6H11O5/c7-4-6(10,11)3-1-2-5(8)9/h4,7,10-11H,1-3H2,(H,8,9). The van der Waals surface area contributed by atoms with Crippen LogP contribution in [0.5, 0.6) is 0 Å². The van der Waals surface area contributed by atoms with E-state index in [2.05, 4.69) is 0 Å². The summed E-state index contributed by atoms with van der Waals surface area (Å²) in [5, 5.41) is 33.7. The largest absolute Gasteiger partial charge is 0.481 e. The Morgan fingerprint density at radius 1 is 1.45 bits per heavy atom. The lowest BCUT2D eigenvalue weighted by molar-refractivity contribution is -0.163.